The number of hydrogen-bond donors (Lipinski definition) is 0. The summed E-state index contributed by atoms with van der Waals surface area (Å²) in [6.45, 7) is 4.38. The van der Waals surface area contributed by atoms with Gasteiger partial charge in [0, 0.05) is 6.42 Å². The Bertz CT molecular complexity index is 445. The van der Waals surface area contributed by atoms with Crippen molar-refractivity contribution in [2.24, 2.45) is 0 Å². The standard InChI is InChI=1S/C21H40O3S/c1-4-6-8-9-10-11-12-13-14-15-16-18-20-21(19-17-7-5-2)24-25(3,22)23/h21H,4-17,19H2,1-3H3. The number of rotatable bonds is 16. The molecule has 0 aromatic rings. The maximum Gasteiger partial charge on any atom is 0.265 e. The minimum absolute atomic E-state index is 0.468. The molecule has 1 atom stereocenters. The van der Waals surface area contributed by atoms with Crippen LogP contribution in [-0.4, -0.2) is 20.8 Å². The quantitative estimate of drug-likeness (QED) is 0.183. The number of hydrogen-bond acceptors (Lipinski definition) is 3. The van der Waals surface area contributed by atoms with Gasteiger partial charge in [0.05, 0.1) is 6.26 Å². The monoisotopic (exact) mass is 372 g/mol. The van der Waals surface area contributed by atoms with E-state index in [0.29, 0.717) is 6.42 Å². The number of unbranched alkanes of at least 4 members (excludes halogenated alkanes) is 12. The molecule has 0 rings (SSSR count). The van der Waals surface area contributed by atoms with Gasteiger partial charge in [0.25, 0.3) is 10.1 Å². The van der Waals surface area contributed by atoms with Crippen LogP contribution >= 0.6 is 0 Å². The van der Waals surface area contributed by atoms with Gasteiger partial charge >= 0.3 is 0 Å². The maximum atomic E-state index is 11.3. The van der Waals surface area contributed by atoms with E-state index in [0.717, 1.165) is 38.4 Å². The zero-order valence-electron chi connectivity index (χ0n) is 16.8. The molecule has 0 heterocycles. The van der Waals surface area contributed by atoms with Crippen molar-refractivity contribution in [2.45, 2.75) is 116 Å². The van der Waals surface area contributed by atoms with Crippen molar-refractivity contribution in [2.75, 3.05) is 6.26 Å². The average molecular weight is 373 g/mol. The normalized spacial score (nSPS) is 12.6. The molecule has 0 bridgehead atoms. The zero-order chi connectivity index (χ0) is 18.8. The fourth-order valence-corrected chi connectivity index (χ4v) is 3.39. The molecule has 0 aromatic heterocycles. The molecule has 4 heteroatoms. The molecule has 0 N–H and O–H groups in total. The van der Waals surface area contributed by atoms with E-state index in [1.165, 1.54) is 57.8 Å². The van der Waals surface area contributed by atoms with Crippen LogP contribution in [0, 0.1) is 11.8 Å². The van der Waals surface area contributed by atoms with E-state index >= 15 is 0 Å². The van der Waals surface area contributed by atoms with Crippen molar-refractivity contribution in [1.82, 2.24) is 0 Å². The maximum absolute atomic E-state index is 11.3. The summed E-state index contributed by atoms with van der Waals surface area (Å²) in [5, 5.41) is 0. The summed E-state index contributed by atoms with van der Waals surface area (Å²) in [5.74, 6) is 6.14. The Hall–Kier alpha value is -0.530. The van der Waals surface area contributed by atoms with E-state index in [1.54, 1.807) is 0 Å². The summed E-state index contributed by atoms with van der Waals surface area (Å²) in [4.78, 5) is 0. The molecule has 0 saturated heterocycles. The highest BCUT2D eigenvalue weighted by atomic mass is 32.2. The van der Waals surface area contributed by atoms with Crippen LogP contribution in [0.1, 0.15) is 110 Å². The van der Waals surface area contributed by atoms with E-state index in [9.17, 15) is 8.42 Å². The third-order valence-electron chi connectivity index (χ3n) is 4.28. The van der Waals surface area contributed by atoms with Crippen LogP contribution in [0.4, 0.5) is 0 Å². The lowest BCUT2D eigenvalue weighted by Gasteiger charge is -2.09. The second kappa shape index (κ2) is 16.9. The highest BCUT2D eigenvalue weighted by Crippen LogP contribution is 2.12. The Morgan fingerprint density at radius 3 is 1.76 bits per heavy atom. The van der Waals surface area contributed by atoms with Crippen LogP contribution in [0.15, 0.2) is 0 Å². The zero-order valence-corrected chi connectivity index (χ0v) is 17.6. The summed E-state index contributed by atoms with van der Waals surface area (Å²) < 4.78 is 27.7. The van der Waals surface area contributed by atoms with E-state index in [2.05, 4.69) is 25.7 Å². The summed E-state index contributed by atoms with van der Waals surface area (Å²) in [5.41, 5.74) is 0. The molecule has 0 radical (unpaired) electrons. The van der Waals surface area contributed by atoms with E-state index in [1.807, 2.05) is 0 Å². The first-order valence-corrected chi connectivity index (χ1v) is 12.2. The van der Waals surface area contributed by atoms with Gasteiger partial charge in [0.1, 0.15) is 6.10 Å². The van der Waals surface area contributed by atoms with Gasteiger partial charge in [-0.05, 0) is 19.3 Å². The first kappa shape index (κ1) is 24.5. The molecular weight excluding hydrogens is 332 g/mol. The fraction of sp³-hybridized carbons (Fsp3) is 0.905. The Kier molecular flexibility index (Phi) is 16.6. The van der Waals surface area contributed by atoms with E-state index in [-0.39, 0.29) is 0 Å². The second-order valence-corrected chi connectivity index (χ2v) is 8.64. The van der Waals surface area contributed by atoms with Gasteiger partial charge in [-0.15, -0.1) is 5.92 Å². The highest BCUT2D eigenvalue weighted by Gasteiger charge is 2.12. The Morgan fingerprint density at radius 1 is 0.760 bits per heavy atom. The third-order valence-corrected chi connectivity index (χ3v) is 4.86. The van der Waals surface area contributed by atoms with E-state index < -0.39 is 16.2 Å². The predicted octanol–water partition coefficient (Wildman–Crippen LogP) is 6.23. The van der Waals surface area contributed by atoms with Gasteiger partial charge < -0.3 is 0 Å². The van der Waals surface area contributed by atoms with Crippen molar-refractivity contribution in [3.05, 3.63) is 0 Å². The Balaban J connectivity index is 3.77. The van der Waals surface area contributed by atoms with Gasteiger partial charge in [-0.3, -0.25) is 4.18 Å². The molecule has 0 saturated carbocycles. The molecule has 148 valence electrons. The minimum atomic E-state index is -3.43. The molecule has 0 aliphatic rings. The fourth-order valence-electron chi connectivity index (χ4n) is 2.82. The molecule has 1 unspecified atom stereocenters. The van der Waals surface area contributed by atoms with E-state index in [4.69, 9.17) is 4.18 Å². The van der Waals surface area contributed by atoms with Crippen molar-refractivity contribution in [3.63, 3.8) is 0 Å². The lowest BCUT2D eigenvalue weighted by Crippen LogP contribution is -2.15. The van der Waals surface area contributed by atoms with Gasteiger partial charge in [0.2, 0.25) is 0 Å². The lowest BCUT2D eigenvalue weighted by atomic mass is 10.1. The highest BCUT2D eigenvalue weighted by molar-refractivity contribution is 7.86. The Labute approximate surface area is 157 Å². The second-order valence-electron chi connectivity index (χ2n) is 7.04. The molecule has 0 amide bonds. The van der Waals surface area contributed by atoms with Crippen LogP contribution < -0.4 is 0 Å². The third kappa shape index (κ3) is 19.6. The molecule has 0 aromatic carbocycles. The van der Waals surface area contributed by atoms with Crippen LogP contribution in [0.25, 0.3) is 0 Å². The minimum Gasteiger partial charge on any atom is -0.254 e. The molecular formula is C21H40O3S. The van der Waals surface area contributed by atoms with Gasteiger partial charge in [-0.2, -0.15) is 8.42 Å². The van der Waals surface area contributed by atoms with Crippen molar-refractivity contribution in [3.8, 4) is 11.8 Å². The summed E-state index contributed by atoms with van der Waals surface area (Å²) in [7, 11) is -3.43. The SMILES string of the molecule is CCCCCCCCCCCCC#CC(CCCCC)OS(C)(=O)=O. The van der Waals surface area contributed by atoms with Crippen LogP contribution in [0.3, 0.4) is 0 Å². The van der Waals surface area contributed by atoms with Crippen LogP contribution in [0.5, 0.6) is 0 Å². The van der Waals surface area contributed by atoms with Crippen molar-refractivity contribution < 1.29 is 12.6 Å². The molecule has 3 nitrogen and oxygen atoms in total. The smallest absolute Gasteiger partial charge is 0.254 e. The van der Waals surface area contributed by atoms with Gasteiger partial charge in [0.15, 0.2) is 0 Å². The topological polar surface area (TPSA) is 43.4 Å². The average Bonchev–Trinajstić information content (AvgIpc) is 2.54. The Morgan fingerprint density at radius 2 is 1.24 bits per heavy atom. The summed E-state index contributed by atoms with van der Waals surface area (Å²) in [6, 6.07) is 0. The lowest BCUT2D eigenvalue weighted by molar-refractivity contribution is 0.251. The largest absolute Gasteiger partial charge is 0.265 e. The molecule has 0 spiro atoms. The van der Waals surface area contributed by atoms with Crippen LogP contribution in [0.2, 0.25) is 0 Å². The van der Waals surface area contributed by atoms with Crippen LogP contribution in [-0.2, 0) is 14.3 Å². The van der Waals surface area contributed by atoms with Crippen molar-refractivity contribution in [1.29, 1.82) is 0 Å². The summed E-state index contributed by atoms with van der Waals surface area (Å²) in [6.07, 6.45) is 18.5. The molecule has 25 heavy (non-hydrogen) atoms. The first-order chi connectivity index (χ1) is 12.0. The summed E-state index contributed by atoms with van der Waals surface area (Å²) >= 11 is 0. The van der Waals surface area contributed by atoms with Crippen molar-refractivity contribution >= 4 is 10.1 Å². The first-order valence-electron chi connectivity index (χ1n) is 10.4. The van der Waals surface area contributed by atoms with Gasteiger partial charge in [-0.1, -0.05) is 90.4 Å². The predicted molar refractivity (Wildman–Crippen MR) is 108 cm³/mol. The molecule has 0 aliphatic carbocycles. The molecule has 0 fully saturated rings. The molecule has 0 aliphatic heterocycles. The van der Waals surface area contributed by atoms with Gasteiger partial charge in [-0.25, -0.2) is 0 Å².